The largest absolute Gasteiger partial charge is 0.462 e. The number of amides is 2. The molecule has 0 radical (unpaired) electrons. The number of carbonyl (C=O) groups excluding carboxylic acids is 3. The highest BCUT2D eigenvalue weighted by Gasteiger charge is 2.27. The second-order valence-corrected chi connectivity index (χ2v) is 8.08. The van der Waals surface area contributed by atoms with Crippen LogP contribution in [0.2, 0.25) is 0 Å². The number of anilines is 2. The van der Waals surface area contributed by atoms with Crippen LogP contribution in [0.3, 0.4) is 0 Å². The standard InChI is InChI=1S/C23H21N3O6S/c1-4-32-23(29)18-14(3)19(21(28)24-16-9-5-13(2)6-10-16)33-22(18)25-20(27)15-7-11-17(12-8-15)26(30)31/h5-12H,4H2,1-3H3,(H,24,28)(H,25,27). The van der Waals surface area contributed by atoms with E-state index >= 15 is 0 Å². The van der Waals surface area contributed by atoms with Crippen LogP contribution < -0.4 is 10.6 Å². The molecule has 170 valence electrons. The number of nitrogens with zero attached hydrogens (tertiary/aromatic N) is 1. The van der Waals surface area contributed by atoms with E-state index in [2.05, 4.69) is 10.6 Å². The van der Waals surface area contributed by atoms with E-state index in [1.807, 2.05) is 19.1 Å². The third-order valence-electron chi connectivity index (χ3n) is 4.71. The van der Waals surface area contributed by atoms with E-state index in [4.69, 9.17) is 4.74 Å². The first-order valence-corrected chi connectivity index (χ1v) is 10.8. The minimum absolute atomic E-state index is 0.0890. The van der Waals surface area contributed by atoms with Gasteiger partial charge in [-0.05, 0) is 50.6 Å². The van der Waals surface area contributed by atoms with Crippen molar-refractivity contribution in [2.45, 2.75) is 20.8 Å². The molecule has 1 heterocycles. The summed E-state index contributed by atoms with van der Waals surface area (Å²) in [6, 6.07) is 12.3. The molecule has 0 saturated carbocycles. The smallest absolute Gasteiger partial charge is 0.341 e. The average molecular weight is 468 g/mol. The first kappa shape index (κ1) is 23.6. The zero-order valence-electron chi connectivity index (χ0n) is 18.1. The van der Waals surface area contributed by atoms with Crippen molar-refractivity contribution in [2.75, 3.05) is 17.2 Å². The van der Waals surface area contributed by atoms with Gasteiger partial charge in [0.2, 0.25) is 0 Å². The summed E-state index contributed by atoms with van der Waals surface area (Å²) in [5.41, 5.74) is 2.11. The van der Waals surface area contributed by atoms with Crippen molar-refractivity contribution in [3.05, 3.63) is 85.8 Å². The molecule has 3 aromatic rings. The molecule has 1 aromatic heterocycles. The van der Waals surface area contributed by atoms with Crippen LogP contribution in [0.5, 0.6) is 0 Å². The van der Waals surface area contributed by atoms with Crippen LogP contribution in [0.4, 0.5) is 16.4 Å². The minimum atomic E-state index is -0.667. The summed E-state index contributed by atoms with van der Waals surface area (Å²) in [4.78, 5) is 48.7. The third-order valence-corrected chi connectivity index (χ3v) is 5.92. The van der Waals surface area contributed by atoms with Gasteiger partial charge in [-0.1, -0.05) is 17.7 Å². The van der Waals surface area contributed by atoms with E-state index in [-0.39, 0.29) is 33.3 Å². The Bertz CT molecular complexity index is 1220. The molecule has 3 rings (SSSR count). The number of hydrogen-bond donors (Lipinski definition) is 2. The van der Waals surface area contributed by atoms with Crippen LogP contribution in [0.15, 0.2) is 48.5 Å². The van der Waals surface area contributed by atoms with Crippen LogP contribution in [0, 0.1) is 24.0 Å². The van der Waals surface area contributed by atoms with Crippen molar-refractivity contribution in [1.29, 1.82) is 0 Å². The van der Waals surface area contributed by atoms with Gasteiger partial charge in [-0.3, -0.25) is 19.7 Å². The van der Waals surface area contributed by atoms with Gasteiger partial charge in [0, 0.05) is 23.4 Å². The molecule has 0 aliphatic rings. The molecule has 2 amide bonds. The number of benzene rings is 2. The molecule has 0 aliphatic carbocycles. The SMILES string of the molecule is CCOC(=O)c1c(NC(=O)c2ccc([N+](=O)[O-])cc2)sc(C(=O)Nc2ccc(C)cc2)c1C. The molecule has 10 heteroatoms. The lowest BCUT2D eigenvalue weighted by atomic mass is 10.1. The molecule has 2 N–H and O–H groups in total. The number of ether oxygens (including phenoxy) is 1. The summed E-state index contributed by atoms with van der Waals surface area (Å²) in [7, 11) is 0. The Morgan fingerprint density at radius 2 is 1.61 bits per heavy atom. The van der Waals surface area contributed by atoms with Crippen LogP contribution >= 0.6 is 11.3 Å². The molecule has 0 fully saturated rings. The molecule has 0 unspecified atom stereocenters. The molecule has 9 nitrogen and oxygen atoms in total. The monoisotopic (exact) mass is 467 g/mol. The Balaban J connectivity index is 1.91. The van der Waals surface area contributed by atoms with E-state index in [1.54, 1.807) is 26.0 Å². The maximum Gasteiger partial charge on any atom is 0.341 e. The quantitative estimate of drug-likeness (QED) is 0.287. The fourth-order valence-corrected chi connectivity index (χ4v) is 4.09. The summed E-state index contributed by atoms with van der Waals surface area (Å²) < 4.78 is 5.11. The van der Waals surface area contributed by atoms with Crippen molar-refractivity contribution in [3.63, 3.8) is 0 Å². The van der Waals surface area contributed by atoms with Gasteiger partial charge in [-0.25, -0.2) is 4.79 Å². The van der Waals surface area contributed by atoms with E-state index in [9.17, 15) is 24.5 Å². The Hall–Kier alpha value is -4.05. The number of aryl methyl sites for hydroxylation is 1. The van der Waals surface area contributed by atoms with Crippen molar-refractivity contribution in [2.24, 2.45) is 0 Å². The molecule has 0 spiro atoms. The molecular formula is C23H21N3O6S. The highest BCUT2D eigenvalue weighted by Crippen LogP contribution is 2.34. The average Bonchev–Trinajstić information content (AvgIpc) is 3.11. The lowest BCUT2D eigenvalue weighted by Crippen LogP contribution is -2.15. The Morgan fingerprint density at radius 1 is 0.970 bits per heavy atom. The first-order chi connectivity index (χ1) is 15.7. The van der Waals surface area contributed by atoms with Gasteiger partial charge < -0.3 is 15.4 Å². The zero-order chi connectivity index (χ0) is 24.1. The van der Waals surface area contributed by atoms with Crippen LogP contribution in [0.1, 0.15) is 48.4 Å². The van der Waals surface area contributed by atoms with Crippen LogP contribution in [-0.4, -0.2) is 29.3 Å². The minimum Gasteiger partial charge on any atom is -0.462 e. The Labute approximate surface area is 193 Å². The molecule has 0 saturated heterocycles. The number of esters is 1. The predicted octanol–water partition coefficient (Wildman–Crippen LogP) is 4.95. The fourth-order valence-electron chi connectivity index (χ4n) is 3.00. The summed E-state index contributed by atoms with van der Waals surface area (Å²) >= 11 is 0.949. The van der Waals surface area contributed by atoms with Gasteiger partial charge in [-0.15, -0.1) is 11.3 Å². The number of rotatable bonds is 7. The van der Waals surface area contributed by atoms with E-state index < -0.39 is 22.7 Å². The second kappa shape index (κ2) is 10.0. The topological polar surface area (TPSA) is 128 Å². The lowest BCUT2D eigenvalue weighted by molar-refractivity contribution is -0.384. The van der Waals surface area contributed by atoms with Gasteiger partial charge in [-0.2, -0.15) is 0 Å². The summed E-state index contributed by atoms with van der Waals surface area (Å²) in [6.45, 7) is 5.31. The van der Waals surface area contributed by atoms with Crippen molar-refractivity contribution >= 4 is 45.5 Å². The van der Waals surface area contributed by atoms with Crippen molar-refractivity contribution in [3.8, 4) is 0 Å². The van der Waals surface area contributed by atoms with Gasteiger partial charge in [0.15, 0.2) is 0 Å². The van der Waals surface area contributed by atoms with Gasteiger partial charge in [0.05, 0.1) is 22.0 Å². The maximum atomic E-state index is 12.9. The van der Waals surface area contributed by atoms with Crippen LogP contribution in [0.25, 0.3) is 0 Å². The van der Waals surface area contributed by atoms with E-state index in [1.165, 1.54) is 24.3 Å². The first-order valence-electron chi connectivity index (χ1n) is 9.95. The van der Waals surface area contributed by atoms with Gasteiger partial charge in [0.1, 0.15) is 5.00 Å². The molecule has 0 aliphatic heterocycles. The summed E-state index contributed by atoms with van der Waals surface area (Å²) in [6.07, 6.45) is 0. The Morgan fingerprint density at radius 3 is 2.18 bits per heavy atom. The van der Waals surface area contributed by atoms with Crippen LogP contribution in [-0.2, 0) is 4.74 Å². The van der Waals surface area contributed by atoms with E-state index in [0.29, 0.717) is 11.3 Å². The predicted molar refractivity (Wildman–Crippen MR) is 125 cm³/mol. The highest BCUT2D eigenvalue weighted by molar-refractivity contribution is 7.19. The molecule has 2 aromatic carbocycles. The van der Waals surface area contributed by atoms with Gasteiger partial charge in [0.25, 0.3) is 17.5 Å². The van der Waals surface area contributed by atoms with Crippen molar-refractivity contribution < 1.29 is 24.0 Å². The molecule has 0 atom stereocenters. The zero-order valence-corrected chi connectivity index (χ0v) is 18.9. The summed E-state index contributed by atoms with van der Waals surface area (Å²) in [5.74, 6) is -1.68. The maximum absolute atomic E-state index is 12.9. The number of nitrogens with one attached hydrogen (secondary N) is 2. The number of nitro groups is 1. The number of nitro benzene ring substituents is 1. The second-order valence-electron chi connectivity index (χ2n) is 7.06. The summed E-state index contributed by atoms with van der Waals surface area (Å²) in [5, 5.41) is 16.4. The molecule has 0 bridgehead atoms. The number of thiophene rings is 1. The lowest BCUT2D eigenvalue weighted by Gasteiger charge is -2.07. The van der Waals surface area contributed by atoms with Crippen molar-refractivity contribution in [1.82, 2.24) is 0 Å². The number of non-ortho nitro benzene ring substituents is 1. The molecule has 33 heavy (non-hydrogen) atoms. The fraction of sp³-hybridized carbons (Fsp3) is 0.174. The van der Waals surface area contributed by atoms with Gasteiger partial charge >= 0.3 is 5.97 Å². The number of hydrogen-bond acceptors (Lipinski definition) is 7. The molecular weight excluding hydrogens is 446 g/mol. The highest BCUT2D eigenvalue weighted by atomic mass is 32.1. The Kier molecular flexibility index (Phi) is 7.19. The normalized spacial score (nSPS) is 10.4. The number of carbonyl (C=O) groups is 3. The van der Waals surface area contributed by atoms with E-state index in [0.717, 1.165) is 16.9 Å². The third kappa shape index (κ3) is 5.42.